The van der Waals surface area contributed by atoms with Crippen LogP contribution in [0.3, 0.4) is 0 Å². The maximum atomic E-state index is 12.4. The van der Waals surface area contributed by atoms with Crippen molar-refractivity contribution in [3.05, 3.63) is 29.8 Å². The largest absolute Gasteiger partial charge is 0.327 e. The zero-order valence-electron chi connectivity index (χ0n) is 12.7. The van der Waals surface area contributed by atoms with Gasteiger partial charge in [-0.15, -0.1) is 0 Å². The lowest BCUT2D eigenvalue weighted by molar-refractivity contribution is -0.119. The minimum Gasteiger partial charge on any atom is -0.327 e. The first-order chi connectivity index (χ1) is 8.75. The molecule has 106 valence electrons. The van der Waals surface area contributed by atoms with Crippen molar-refractivity contribution in [2.45, 2.75) is 47.1 Å². The number of carbonyl (C=O) groups excluding carboxylic acids is 1. The molecule has 19 heavy (non-hydrogen) atoms. The van der Waals surface area contributed by atoms with Crippen LogP contribution in [0, 0.1) is 12.3 Å². The quantitative estimate of drug-likeness (QED) is 0.906. The molecule has 0 radical (unpaired) electrons. The number of hydrogen-bond donors (Lipinski definition) is 1. The molecule has 0 aliphatic rings. The van der Waals surface area contributed by atoms with Gasteiger partial charge in [-0.05, 0) is 37.0 Å². The zero-order valence-corrected chi connectivity index (χ0v) is 12.7. The number of anilines is 1. The number of carbonyl (C=O) groups is 1. The Morgan fingerprint density at radius 1 is 1.37 bits per heavy atom. The lowest BCUT2D eigenvalue weighted by Gasteiger charge is -2.29. The molecule has 1 amide bonds. The number of nitrogens with two attached hydrogens (primary N) is 1. The van der Waals surface area contributed by atoms with Crippen LogP contribution in [0.2, 0.25) is 0 Å². The van der Waals surface area contributed by atoms with E-state index in [2.05, 4.69) is 20.8 Å². The Morgan fingerprint density at radius 2 is 2.00 bits per heavy atom. The van der Waals surface area contributed by atoms with Crippen LogP contribution in [0.15, 0.2) is 24.3 Å². The lowest BCUT2D eigenvalue weighted by atomic mass is 9.85. The van der Waals surface area contributed by atoms with Crippen molar-refractivity contribution < 1.29 is 4.79 Å². The number of benzene rings is 1. The molecule has 0 saturated heterocycles. The fourth-order valence-corrected chi connectivity index (χ4v) is 1.90. The van der Waals surface area contributed by atoms with Crippen molar-refractivity contribution >= 4 is 11.6 Å². The first-order valence-corrected chi connectivity index (χ1v) is 6.88. The molecule has 1 unspecified atom stereocenters. The van der Waals surface area contributed by atoms with E-state index in [9.17, 15) is 4.79 Å². The summed E-state index contributed by atoms with van der Waals surface area (Å²) in [4.78, 5) is 14.2. The third kappa shape index (κ3) is 4.35. The number of nitrogens with zero attached hydrogens (tertiary/aromatic N) is 1. The van der Waals surface area contributed by atoms with Gasteiger partial charge in [-0.2, -0.15) is 0 Å². The fourth-order valence-electron chi connectivity index (χ4n) is 1.90. The minimum absolute atomic E-state index is 0.0539. The summed E-state index contributed by atoms with van der Waals surface area (Å²) in [5, 5.41) is 0. The molecular weight excluding hydrogens is 236 g/mol. The summed E-state index contributed by atoms with van der Waals surface area (Å²) < 4.78 is 0. The number of amides is 1. The average Bonchev–Trinajstić information content (AvgIpc) is 2.28. The zero-order chi connectivity index (χ0) is 14.6. The van der Waals surface area contributed by atoms with Crippen LogP contribution in [0.1, 0.15) is 39.7 Å². The second-order valence-electron chi connectivity index (χ2n) is 6.15. The molecular formula is C16H26N2O. The average molecular weight is 262 g/mol. The molecule has 1 aromatic rings. The predicted molar refractivity (Wildman–Crippen MR) is 81.3 cm³/mol. The van der Waals surface area contributed by atoms with E-state index in [-0.39, 0.29) is 17.4 Å². The van der Waals surface area contributed by atoms with E-state index in [1.165, 1.54) is 0 Å². The van der Waals surface area contributed by atoms with Crippen molar-refractivity contribution in [3.8, 4) is 0 Å². The van der Waals surface area contributed by atoms with E-state index < -0.39 is 0 Å². The van der Waals surface area contributed by atoms with E-state index in [0.717, 1.165) is 11.3 Å². The van der Waals surface area contributed by atoms with Crippen LogP contribution in [-0.2, 0) is 4.79 Å². The molecule has 0 heterocycles. The molecule has 0 aliphatic carbocycles. The van der Waals surface area contributed by atoms with Crippen LogP contribution >= 0.6 is 0 Å². The first kappa shape index (κ1) is 15.7. The van der Waals surface area contributed by atoms with Crippen molar-refractivity contribution in [3.63, 3.8) is 0 Å². The van der Waals surface area contributed by atoms with Crippen molar-refractivity contribution in [1.29, 1.82) is 0 Å². The molecule has 0 spiro atoms. The molecule has 0 bridgehead atoms. The third-order valence-corrected chi connectivity index (χ3v) is 3.44. The van der Waals surface area contributed by atoms with Crippen LogP contribution in [0.5, 0.6) is 0 Å². The van der Waals surface area contributed by atoms with Crippen LogP contribution in [0.4, 0.5) is 5.69 Å². The van der Waals surface area contributed by atoms with Gasteiger partial charge in [0.05, 0.1) is 0 Å². The van der Waals surface area contributed by atoms with Crippen molar-refractivity contribution in [1.82, 2.24) is 0 Å². The molecule has 1 aromatic carbocycles. The van der Waals surface area contributed by atoms with E-state index in [1.54, 1.807) is 4.90 Å². The summed E-state index contributed by atoms with van der Waals surface area (Å²) in [6, 6.07) is 7.88. The highest BCUT2D eigenvalue weighted by molar-refractivity contribution is 5.93. The van der Waals surface area contributed by atoms with Gasteiger partial charge in [0.1, 0.15) is 0 Å². The highest BCUT2D eigenvalue weighted by atomic mass is 16.2. The Bertz CT molecular complexity index is 435. The van der Waals surface area contributed by atoms with Crippen LogP contribution in [-0.4, -0.2) is 18.5 Å². The Morgan fingerprint density at radius 3 is 2.47 bits per heavy atom. The molecule has 3 heteroatoms. The smallest absolute Gasteiger partial charge is 0.228 e. The Labute approximate surface area is 116 Å². The standard InChI is InChI=1S/C16H26N2O/c1-6-18(13-9-7-8-12(2)10-13)15(19)11-14(17)16(3,4)5/h7-10,14H,6,11,17H2,1-5H3. The topological polar surface area (TPSA) is 46.3 Å². The summed E-state index contributed by atoms with van der Waals surface area (Å²) >= 11 is 0. The molecule has 0 aromatic heterocycles. The molecule has 1 atom stereocenters. The van der Waals surface area contributed by atoms with Gasteiger partial charge in [0.15, 0.2) is 0 Å². The minimum atomic E-state index is -0.126. The van der Waals surface area contributed by atoms with Crippen molar-refractivity contribution in [2.75, 3.05) is 11.4 Å². The van der Waals surface area contributed by atoms with Gasteiger partial charge in [0.25, 0.3) is 0 Å². The number of rotatable bonds is 4. The van der Waals surface area contributed by atoms with Gasteiger partial charge in [-0.25, -0.2) is 0 Å². The Balaban J connectivity index is 2.84. The van der Waals surface area contributed by atoms with E-state index in [4.69, 9.17) is 5.73 Å². The Hall–Kier alpha value is -1.35. The third-order valence-electron chi connectivity index (χ3n) is 3.44. The molecule has 0 aliphatic heterocycles. The second kappa shape index (κ2) is 6.20. The van der Waals surface area contributed by atoms with Crippen LogP contribution in [0.25, 0.3) is 0 Å². The highest BCUT2D eigenvalue weighted by Crippen LogP contribution is 2.22. The van der Waals surface area contributed by atoms with Gasteiger partial charge in [-0.3, -0.25) is 4.79 Å². The highest BCUT2D eigenvalue weighted by Gasteiger charge is 2.25. The van der Waals surface area contributed by atoms with Gasteiger partial charge >= 0.3 is 0 Å². The SMILES string of the molecule is CCN(C(=O)CC(N)C(C)(C)C)c1cccc(C)c1. The summed E-state index contributed by atoms with van der Waals surface area (Å²) in [5.74, 6) is 0.0931. The maximum absolute atomic E-state index is 12.4. The van der Waals surface area contributed by atoms with Gasteiger partial charge < -0.3 is 10.6 Å². The maximum Gasteiger partial charge on any atom is 0.228 e. The van der Waals surface area contributed by atoms with E-state index >= 15 is 0 Å². The number of hydrogen-bond acceptors (Lipinski definition) is 2. The fraction of sp³-hybridized carbons (Fsp3) is 0.562. The molecule has 2 N–H and O–H groups in total. The number of aryl methyl sites for hydroxylation is 1. The van der Waals surface area contributed by atoms with Crippen molar-refractivity contribution in [2.24, 2.45) is 11.1 Å². The lowest BCUT2D eigenvalue weighted by Crippen LogP contribution is -2.41. The monoisotopic (exact) mass is 262 g/mol. The second-order valence-corrected chi connectivity index (χ2v) is 6.15. The predicted octanol–water partition coefficient (Wildman–Crippen LogP) is 3.11. The molecule has 0 fully saturated rings. The first-order valence-electron chi connectivity index (χ1n) is 6.88. The van der Waals surface area contributed by atoms with Gasteiger partial charge in [0.2, 0.25) is 5.91 Å². The molecule has 1 rings (SSSR count). The van der Waals surface area contributed by atoms with Gasteiger partial charge in [0, 0.05) is 24.7 Å². The van der Waals surface area contributed by atoms with Gasteiger partial charge in [-0.1, -0.05) is 32.9 Å². The summed E-state index contributed by atoms with van der Waals surface area (Å²) in [5.41, 5.74) is 8.16. The van der Waals surface area contributed by atoms with E-state index in [1.807, 2.05) is 38.1 Å². The molecule has 0 saturated carbocycles. The summed E-state index contributed by atoms with van der Waals surface area (Å²) in [6.45, 7) is 10.9. The van der Waals surface area contributed by atoms with Crippen LogP contribution < -0.4 is 10.6 Å². The Kier molecular flexibility index (Phi) is 5.12. The van der Waals surface area contributed by atoms with E-state index in [0.29, 0.717) is 13.0 Å². The molecule has 3 nitrogen and oxygen atoms in total. The summed E-state index contributed by atoms with van der Waals surface area (Å²) in [6.07, 6.45) is 0.380. The normalized spacial score (nSPS) is 13.2. The summed E-state index contributed by atoms with van der Waals surface area (Å²) in [7, 11) is 0.